The van der Waals surface area contributed by atoms with Crippen LogP contribution in [0.2, 0.25) is 0 Å². The summed E-state index contributed by atoms with van der Waals surface area (Å²) in [7, 11) is 0. The molecule has 0 atom stereocenters. The van der Waals surface area contributed by atoms with E-state index in [9.17, 15) is 9.59 Å². The summed E-state index contributed by atoms with van der Waals surface area (Å²) in [6.07, 6.45) is 4.79. The molecule has 0 saturated heterocycles. The molecule has 7 nitrogen and oxygen atoms in total. The fraction of sp³-hybridized carbons (Fsp3) is 0.167. The van der Waals surface area contributed by atoms with Gasteiger partial charge in [0.25, 0.3) is 5.91 Å². The van der Waals surface area contributed by atoms with E-state index in [1.54, 1.807) is 41.5 Å². The van der Waals surface area contributed by atoms with Crippen LogP contribution in [0.25, 0.3) is 5.82 Å². The van der Waals surface area contributed by atoms with Crippen molar-refractivity contribution in [1.82, 2.24) is 19.9 Å². The van der Waals surface area contributed by atoms with Crippen LogP contribution in [0.1, 0.15) is 16.9 Å². The average molecular weight is 260 g/mol. The van der Waals surface area contributed by atoms with Gasteiger partial charge in [0, 0.05) is 18.9 Å². The number of carboxylic acids is 1. The minimum absolute atomic E-state index is 0.0746. The second kappa shape index (κ2) is 5.76. The van der Waals surface area contributed by atoms with E-state index in [4.69, 9.17) is 5.11 Å². The third-order valence-electron chi connectivity index (χ3n) is 2.36. The van der Waals surface area contributed by atoms with Crippen molar-refractivity contribution in [2.75, 3.05) is 6.54 Å². The van der Waals surface area contributed by atoms with Crippen LogP contribution >= 0.6 is 0 Å². The van der Waals surface area contributed by atoms with Crippen LogP contribution in [0.4, 0.5) is 0 Å². The molecule has 0 radical (unpaired) electrons. The number of aromatic nitrogens is 3. The highest BCUT2D eigenvalue weighted by atomic mass is 16.4. The molecule has 0 saturated carbocycles. The molecule has 2 N–H and O–H groups in total. The van der Waals surface area contributed by atoms with E-state index in [1.807, 2.05) is 0 Å². The second-order valence-electron chi connectivity index (χ2n) is 3.75. The van der Waals surface area contributed by atoms with Crippen molar-refractivity contribution >= 4 is 11.9 Å². The van der Waals surface area contributed by atoms with Gasteiger partial charge in [-0.3, -0.25) is 14.2 Å². The first kappa shape index (κ1) is 12.7. The van der Waals surface area contributed by atoms with Crippen LogP contribution in [0.3, 0.4) is 0 Å². The maximum atomic E-state index is 11.8. The number of aliphatic carboxylic acids is 1. The predicted octanol–water partition coefficient (Wildman–Crippen LogP) is 0.472. The summed E-state index contributed by atoms with van der Waals surface area (Å²) in [5, 5.41) is 11.0. The lowest BCUT2D eigenvalue weighted by atomic mass is 10.3. The number of carbonyl (C=O) groups is 2. The highest BCUT2D eigenvalue weighted by molar-refractivity contribution is 5.92. The number of pyridine rings is 1. The van der Waals surface area contributed by atoms with Gasteiger partial charge in [-0.2, -0.15) is 0 Å². The zero-order valence-corrected chi connectivity index (χ0v) is 9.98. The van der Waals surface area contributed by atoms with Crippen molar-refractivity contribution in [3.63, 3.8) is 0 Å². The van der Waals surface area contributed by atoms with Crippen molar-refractivity contribution in [1.29, 1.82) is 0 Å². The lowest BCUT2D eigenvalue weighted by molar-refractivity contribution is -0.136. The van der Waals surface area contributed by atoms with Gasteiger partial charge in [0.2, 0.25) is 0 Å². The van der Waals surface area contributed by atoms with E-state index in [0.29, 0.717) is 5.82 Å². The Balaban J connectivity index is 2.06. The fourth-order valence-corrected chi connectivity index (χ4v) is 1.46. The number of amides is 1. The Bertz CT molecular complexity index is 580. The fourth-order valence-electron chi connectivity index (χ4n) is 1.46. The normalized spacial score (nSPS) is 10.1. The molecule has 2 aromatic rings. The van der Waals surface area contributed by atoms with Gasteiger partial charge in [-0.15, -0.1) is 0 Å². The number of imidazole rings is 1. The smallest absolute Gasteiger partial charge is 0.305 e. The second-order valence-corrected chi connectivity index (χ2v) is 3.75. The minimum Gasteiger partial charge on any atom is -0.481 e. The Morgan fingerprint density at radius 3 is 2.89 bits per heavy atom. The molecule has 19 heavy (non-hydrogen) atoms. The first-order valence-electron chi connectivity index (χ1n) is 5.62. The highest BCUT2D eigenvalue weighted by Gasteiger charge is 2.08. The topological polar surface area (TPSA) is 97.1 Å². The molecule has 0 fully saturated rings. The number of nitrogens with zero attached hydrogens (tertiary/aromatic N) is 3. The monoisotopic (exact) mass is 260 g/mol. The summed E-state index contributed by atoms with van der Waals surface area (Å²) < 4.78 is 1.67. The summed E-state index contributed by atoms with van der Waals surface area (Å²) >= 11 is 0. The maximum absolute atomic E-state index is 11.8. The molecule has 0 spiro atoms. The Morgan fingerprint density at radius 2 is 2.21 bits per heavy atom. The first-order valence-corrected chi connectivity index (χ1v) is 5.62. The number of carbonyl (C=O) groups excluding carboxylic acids is 1. The zero-order valence-electron chi connectivity index (χ0n) is 9.98. The molecular formula is C12H12N4O3. The quantitative estimate of drug-likeness (QED) is 0.814. The zero-order chi connectivity index (χ0) is 13.7. The Morgan fingerprint density at radius 1 is 1.37 bits per heavy atom. The number of hydrogen-bond donors (Lipinski definition) is 2. The lowest BCUT2D eigenvalue weighted by Crippen LogP contribution is -2.27. The number of nitrogens with one attached hydrogen (secondary N) is 1. The molecule has 0 aliphatic rings. The van der Waals surface area contributed by atoms with E-state index in [0.717, 1.165) is 0 Å². The molecule has 0 unspecified atom stereocenters. The molecule has 2 heterocycles. The van der Waals surface area contributed by atoms with E-state index in [1.165, 1.54) is 0 Å². The Hall–Kier alpha value is -2.70. The number of hydrogen-bond acceptors (Lipinski definition) is 4. The summed E-state index contributed by atoms with van der Waals surface area (Å²) in [5.74, 6) is -0.785. The summed E-state index contributed by atoms with van der Waals surface area (Å²) in [6, 6.07) is 5.01. The summed E-state index contributed by atoms with van der Waals surface area (Å²) in [5.41, 5.74) is 0.233. The van der Waals surface area contributed by atoms with Gasteiger partial charge in [-0.25, -0.2) is 9.97 Å². The van der Waals surface area contributed by atoms with Gasteiger partial charge in [0.05, 0.1) is 6.42 Å². The van der Waals surface area contributed by atoms with Gasteiger partial charge in [0.15, 0.2) is 0 Å². The van der Waals surface area contributed by atoms with Crippen LogP contribution in [0.5, 0.6) is 0 Å². The van der Waals surface area contributed by atoms with E-state index in [-0.39, 0.29) is 18.7 Å². The van der Waals surface area contributed by atoms with Gasteiger partial charge >= 0.3 is 5.97 Å². The number of carboxylic acid groups (broad SMARTS) is 1. The van der Waals surface area contributed by atoms with Crippen LogP contribution in [-0.2, 0) is 4.79 Å². The molecule has 98 valence electrons. The molecule has 2 rings (SSSR count). The first-order chi connectivity index (χ1) is 9.16. The van der Waals surface area contributed by atoms with Crippen molar-refractivity contribution in [2.45, 2.75) is 6.42 Å². The molecule has 7 heteroatoms. The third kappa shape index (κ3) is 3.38. The SMILES string of the molecule is O=C(O)CCNC(=O)c1cccc(-n2ccnc2)n1. The molecular weight excluding hydrogens is 248 g/mol. The third-order valence-corrected chi connectivity index (χ3v) is 2.36. The largest absolute Gasteiger partial charge is 0.481 e. The Labute approximate surface area is 108 Å². The summed E-state index contributed by atoms with van der Waals surface area (Å²) in [6.45, 7) is 0.0746. The lowest BCUT2D eigenvalue weighted by Gasteiger charge is -2.05. The predicted molar refractivity (Wildman–Crippen MR) is 65.9 cm³/mol. The van der Waals surface area contributed by atoms with Crippen LogP contribution in [0.15, 0.2) is 36.9 Å². The van der Waals surface area contributed by atoms with Crippen molar-refractivity contribution in [3.05, 3.63) is 42.6 Å². The van der Waals surface area contributed by atoms with Gasteiger partial charge < -0.3 is 10.4 Å². The molecule has 0 aliphatic heterocycles. The summed E-state index contributed by atoms with van der Waals surface area (Å²) in [4.78, 5) is 30.2. The molecule has 0 aromatic carbocycles. The molecule has 2 aromatic heterocycles. The van der Waals surface area contributed by atoms with Crippen molar-refractivity contribution < 1.29 is 14.7 Å². The molecule has 0 bridgehead atoms. The van der Waals surface area contributed by atoms with Crippen LogP contribution in [-0.4, -0.2) is 38.1 Å². The van der Waals surface area contributed by atoms with E-state index in [2.05, 4.69) is 15.3 Å². The minimum atomic E-state index is -0.958. The highest BCUT2D eigenvalue weighted by Crippen LogP contribution is 2.05. The van der Waals surface area contributed by atoms with Gasteiger partial charge in [-0.1, -0.05) is 6.07 Å². The van der Waals surface area contributed by atoms with Crippen molar-refractivity contribution in [2.24, 2.45) is 0 Å². The Kier molecular flexibility index (Phi) is 3.87. The average Bonchev–Trinajstić information content (AvgIpc) is 2.92. The van der Waals surface area contributed by atoms with E-state index >= 15 is 0 Å². The van der Waals surface area contributed by atoms with Gasteiger partial charge in [0.1, 0.15) is 17.8 Å². The van der Waals surface area contributed by atoms with Crippen LogP contribution < -0.4 is 5.32 Å². The number of rotatable bonds is 5. The van der Waals surface area contributed by atoms with E-state index < -0.39 is 11.9 Å². The molecule has 1 amide bonds. The standard InChI is InChI=1S/C12H12N4O3/c17-11(18)4-5-14-12(19)9-2-1-3-10(15-9)16-7-6-13-8-16/h1-3,6-8H,4-5H2,(H,14,19)(H,17,18). The maximum Gasteiger partial charge on any atom is 0.305 e. The molecule has 0 aliphatic carbocycles. The van der Waals surface area contributed by atoms with Gasteiger partial charge in [-0.05, 0) is 12.1 Å². The van der Waals surface area contributed by atoms with Crippen LogP contribution in [0, 0.1) is 0 Å². The van der Waals surface area contributed by atoms with Crippen molar-refractivity contribution in [3.8, 4) is 5.82 Å².